The summed E-state index contributed by atoms with van der Waals surface area (Å²) in [6.07, 6.45) is 7.41. The van der Waals surface area contributed by atoms with Crippen LogP contribution in [0, 0.1) is 0 Å². The number of aromatic amines is 2. The predicted molar refractivity (Wildman–Crippen MR) is 92.2 cm³/mol. The maximum atomic E-state index is 12.3. The number of carbonyl (C=O) groups is 1. The fourth-order valence-electron chi connectivity index (χ4n) is 3.29. The number of esters is 1. The summed E-state index contributed by atoms with van der Waals surface area (Å²) in [7, 11) is 0. The molecule has 1 aliphatic carbocycles. The monoisotopic (exact) mass is 346 g/mol. The molecule has 3 rings (SSSR count). The van der Waals surface area contributed by atoms with E-state index in [-0.39, 0.29) is 12.3 Å². The van der Waals surface area contributed by atoms with Gasteiger partial charge in [0.1, 0.15) is 12.3 Å². The molecule has 1 aliphatic rings. The van der Waals surface area contributed by atoms with E-state index in [9.17, 15) is 14.4 Å². The van der Waals surface area contributed by atoms with Crippen molar-refractivity contribution < 1.29 is 9.53 Å². The van der Waals surface area contributed by atoms with Crippen LogP contribution in [-0.4, -0.2) is 27.0 Å². The van der Waals surface area contributed by atoms with Crippen LogP contribution in [0.4, 0.5) is 0 Å². The molecule has 0 aliphatic heterocycles. The molecular formula is C17H22N4O4. The third-order valence-corrected chi connectivity index (χ3v) is 4.57. The van der Waals surface area contributed by atoms with Gasteiger partial charge in [0, 0.05) is 31.3 Å². The first-order valence-corrected chi connectivity index (χ1v) is 8.54. The van der Waals surface area contributed by atoms with Gasteiger partial charge in [-0.2, -0.15) is 0 Å². The number of pyridine rings is 1. The van der Waals surface area contributed by atoms with E-state index in [4.69, 9.17) is 4.74 Å². The van der Waals surface area contributed by atoms with Gasteiger partial charge in [-0.15, -0.1) is 0 Å². The lowest BCUT2D eigenvalue weighted by Gasteiger charge is -2.23. The van der Waals surface area contributed by atoms with Gasteiger partial charge < -0.3 is 10.1 Å². The van der Waals surface area contributed by atoms with E-state index in [1.807, 2.05) is 0 Å². The summed E-state index contributed by atoms with van der Waals surface area (Å²) >= 11 is 0. The van der Waals surface area contributed by atoms with Gasteiger partial charge in [0.15, 0.2) is 0 Å². The zero-order chi connectivity index (χ0) is 17.8. The van der Waals surface area contributed by atoms with Crippen molar-refractivity contribution in [2.45, 2.75) is 58.2 Å². The highest BCUT2D eigenvalue weighted by Gasteiger charge is 2.17. The fraction of sp³-hybridized carbons (Fsp3) is 0.529. The van der Waals surface area contributed by atoms with Crippen molar-refractivity contribution >= 4 is 17.0 Å². The van der Waals surface area contributed by atoms with Crippen LogP contribution in [-0.2, 0) is 22.7 Å². The summed E-state index contributed by atoms with van der Waals surface area (Å²) in [6, 6.07) is 0.403. The molecule has 0 unspecified atom stereocenters. The van der Waals surface area contributed by atoms with Gasteiger partial charge in [-0.05, 0) is 18.4 Å². The predicted octanol–water partition coefficient (Wildman–Crippen LogP) is 1.10. The van der Waals surface area contributed by atoms with E-state index in [0.717, 1.165) is 12.8 Å². The van der Waals surface area contributed by atoms with Gasteiger partial charge >= 0.3 is 11.7 Å². The van der Waals surface area contributed by atoms with Crippen LogP contribution in [0.2, 0.25) is 0 Å². The zero-order valence-electron chi connectivity index (χ0n) is 14.2. The highest BCUT2D eigenvalue weighted by molar-refractivity contribution is 5.78. The SMILES string of the molecule is CC(=O)OCc1cnc2[nH]c(=O)[nH]c(=O)c2c1CNC1CCCCC1. The van der Waals surface area contributed by atoms with Crippen LogP contribution in [0.1, 0.15) is 50.2 Å². The molecule has 3 N–H and O–H groups in total. The van der Waals surface area contributed by atoms with Gasteiger partial charge in [0.05, 0.1) is 5.39 Å². The molecule has 134 valence electrons. The molecule has 0 radical (unpaired) electrons. The summed E-state index contributed by atoms with van der Waals surface area (Å²) in [5.74, 6) is -0.401. The summed E-state index contributed by atoms with van der Waals surface area (Å²) in [4.78, 5) is 43.9. The maximum absolute atomic E-state index is 12.3. The molecule has 2 aromatic rings. The normalized spacial score (nSPS) is 15.4. The summed E-state index contributed by atoms with van der Waals surface area (Å²) < 4.78 is 5.08. The molecule has 25 heavy (non-hydrogen) atoms. The summed E-state index contributed by atoms with van der Waals surface area (Å²) in [5, 5.41) is 3.81. The topological polar surface area (TPSA) is 117 Å². The molecule has 0 bridgehead atoms. The number of ether oxygens (including phenoxy) is 1. The fourth-order valence-corrected chi connectivity index (χ4v) is 3.29. The number of H-pyrrole nitrogens is 2. The molecule has 0 aromatic carbocycles. The van der Waals surface area contributed by atoms with E-state index in [2.05, 4.69) is 20.3 Å². The Morgan fingerprint density at radius 2 is 2.04 bits per heavy atom. The second-order valence-electron chi connectivity index (χ2n) is 6.39. The number of aromatic nitrogens is 3. The highest BCUT2D eigenvalue weighted by atomic mass is 16.5. The number of nitrogens with zero attached hydrogens (tertiary/aromatic N) is 1. The number of nitrogens with one attached hydrogen (secondary N) is 3. The maximum Gasteiger partial charge on any atom is 0.327 e. The largest absolute Gasteiger partial charge is 0.461 e. The molecule has 8 heteroatoms. The third kappa shape index (κ3) is 4.14. The Labute approximate surface area is 144 Å². The van der Waals surface area contributed by atoms with Crippen LogP contribution in [0.15, 0.2) is 15.8 Å². The molecule has 0 saturated heterocycles. The second-order valence-corrected chi connectivity index (χ2v) is 6.39. The van der Waals surface area contributed by atoms with Crippen molar-refractivity contribution in [2.75, 3.05) is 0 Å². The lowest BCUT2D eigenvalue weighted by Crippen LogP contribution is -2.32. The number of fused-ring (bicyclic) bond motifs is 1. The molecule has 8 nitrogen and oxygen atoms in total. The Morgan fingerprint density at radius 3 is 2.76 bits per heavy atom. The van der Waals surface area contributed by atoms with Gasteiger partial charge in [-0.25, -0.2) is 9.78 Å². The van der Waals surface area contributed by atoms with E-state index in [1.54, 1.807) is 6.20 Å². The minimum atomic E-state index is -0.594. The van der Waals surface area contributed by atoms with Crippen molar-refractivity contribution in [1.82, 2.24) is 20.3 Å². The van der Waals surface area contributed by atoms with Crippen LogP contribution in [0.5, 0.6) is 0 Å². The van der Waals surface area contributed by atoms with Crippen LogP contribution in [0.3, 0.4) is 0 Å². The van der Waals surface area contributed by atoms with Crippen molar-refractivity contribution in [3.8, 4) is 0 Å². The van der Waals surface area contributed by atoms with E-state index in [1.165, 1.54) is 26.2 Å². The smallest absolute Gasteiger partial charge is 0.327 e. The lowest BCUT2D eigenvalue weighted by atomic mass is 9.95. The Morgan fingerprint density at radius 1 is 1.28 bits per heavy atom. The van der Waals surface area contributed by atoms with Crippen molar-refractivity contribution in [3.05, 3.63) is 38.2 Å². The first kappa shape index (κ1) is 17.3. The average Bonchev–Trinajstić information content (AvgIpc) is 2.58. The van der Waals surface area contributed by atoms with Crippen molar-refractivity contribution in [3.63, 3.8) is 0 Å². The van der Waals surface area contributed by atoms with E-state index < -0.39 is 17.2 Å². The summed E-state index contributed by atoms with van der Waals surface area (Å²) in [5.41, 5.74) is 0.513. The van der Waals surface area contributed by atoms with Crippen molar-refractivity contribution in [2.24, 2.45) is 0 Å². The zero-order valence-corrected chi connectivity index (χ0v) is 14.2. The van der Waals surface area contributed by atoms with Crippen LogP contribution >= 0.6 is 0 Å². The molecule has 1 saturated carbocycles. The average molecular weight is 346 g/mol. The minimum absolute atomic E-state index is 0.0402. The standard InChI is InChI=1S/C17H22N4O4/c1-10(22)25-9-11-7-19-15-14(16(23)21-17(24)20-15)13(11)8-18-12-5-3-2-4-6-12/h7,12,18H,2-6,8-9H2,1H3,(H2,19,20,21,23,24). The Hall–Kier alpha value is -2.48. The summed E-state index contributed by atoms with van der Waals surface area (Å²) in [6.45, 7) is 1.83. The molecule has 1 fully saturated rings. The van der Waals surface area contributed by atoms with Gasteiger partial charge in [0.2, 0.25) is 0 Å². The number of rotatable bonds is 5. The van der Waals surface area contributed by atoms with Gasteiger partial charge in [-0.1, -0.05) is 19.3 Å². The second kappa shape index (κ2) is 7.60. The molecule has 0 atom stereocenters. The lowest BCUT2D eigenvalue weighted by molar-refractivity contribution is -0.142. The number of hydrogen-bond donors (Lipinski definition) is 3. The highest BCUT2D eigenvalue weighted by Crippen LogP contribution is 2.20. The van der Waals surface area contributed by atoms with E-state index >= 15 is 0 Å². The first-order chi connectivity index (χ1) is 12.0. The molecule has 0 amide bonds. The van der Waals surface area contributed by atoms with Gasteiger partial charge in [0.25, 0.3) is 5.56 Å². The van der Waals surface area contributed by atoms with E-state index in [0.29, 0.717) is 29.1 Å². The minimum Gasteiger partial charge on any atom is -0.461 e. The van der Waals surface area contributed by atoms with Crippen LogP contribution < -0.4 is 16.6 Å². The molecule has 2 heterocycles. The Balaban J connectivity index is 1.97. The molecular weight excluding hydrogens is 324 g/mol. The Kier molecular flexibility index (Phi) is 5.28. The molecule has 0 spiro atoms. The quantitative estimate of drug-likeness (QED) is 0.698. The first-order valence-electron chi connectivity index (χ1n) is 8.54. The molecule has 2 aromatic heterocycles. The van der Waals surface area contributed by atoms with Gasteiger partial charge in [-0.3, -0.25) is 19.6 Å². The number of carbonyl (C=O) groups excluding carboxylic acids is 1. The van der Waals surface area contributed by atoms with Crippen molar-refractivity contribution in [1.29, 1.82) is 0 Å². The Bertz CT molecular complexity index is 880. The third-order valence-electron chi connectivity index (χ3n) is 4.57. The number of hydrogen-bond acceptors (Lipinski definition) is 6. The van der Waals surface area contributed by atoms with Crippen LogP contribution in [0.25, 0.3) is 11.0 Å².